The first-order chi connectivity index (χ1) is 7.44. The number of Topliss-reactive ketones (excluding diaryl/α,β-unsaturated/α-hetero) is 1. The summed E-state index contributed by atoms with van der Waals surface area (Å²) in [5.74, 6) is 0.179. The maximum absolute atomic E-state index is 12.1. The second-order valence-electron chi connectivity index (χ2n) is 5.60. The lowest BCUT2D eigenvalue weighted by Crippen LogP contribution is -2.51. The molecule has 1 aromatic rings. The number of hydrogen-bond acceptors (Lipinski definition) is 2. The molecular formula is C14H19NO. The fourth-order valence-corrected chi connectivity index (χ4v) is 2.62. The lowest BCUT2D eigenvalue weighted by atomic mass is 9.65. The van der Waals surface area contributed by atoms with Crippen LogP contribution in [-0.2, 0) is 10.3 Å². The Kier molecular flexibility index (Phi) is 2.62. The van der Waals surface area contributed by atoms with Gasteiger partial charge in [0.2, 0.25) is 0 Å². The smallest absolute Gasteiger partial charge is 0.157 e. The summed E-state index contributed by atoms with van der Waals surface area (Å²) in [7, 11) is 0. The number of ketones is 1. The Morgan fingerprint density at radius 2 is 1.81 bits per heavy atom. The van der Waals surface area contributed by atoms with Crippen molar-refractivity contribution in [3.05, 3.63) is 35.9 Å². The topological polar surface area (TPSA) is 43.1 Å². The van der Waals surface area contributed by atoms with E-state index in [1.165, 1.54) is 0 Å². The fourth-order valence-electron chi connectivity index (χ4n) is 2.62. The van der Waals surface area contributed by atoms with Gasteiger partial charge in [0.05, 0.1) is 0 Å². The van der Waals surface area contributed by atoms with Crippen molar-refractivity contribution in [1.82, 2.24) is 0 Å². The van der Waals surface area contributed by atoms with Crippen molar-refractivity contribution in [2.45, 2.75) is 38.6 Å². The number of benzene rings is 1. The molecule has 1 aliphatic rings. The molecule has 0 radical (unpaired) electrons. The lowest BCUT2D eigenvalue weighted by molar-refractivity contribution is -0.129. The summed E-state index contributed by atoms with van der Waals surface area (Å²) < 4.78 is 0. The molecule has 16 heavy (non-hydrogen) atoms. The SMILES string of the molecule is CC1(C)CCC(=O)C(N)(c2ccccc2)C1. The van der Waals surface area contributed by atoms with Crippen LogP contribution in [0.25, 0.3) is 0 Å². The molecule has 1 aliphatic carbocycles. The summed E-state index contributed by atoms with van der Waals surface area (Å²) >= 11 is 0. The fraction of sp³-hybridized carbons (Fsp3) is 0.500. The Morgan fingerprint density at radius 3 is 2.44 bits per heavy atom. The molecule has 2 nitrogen and oxygen atoms in total. The quantitative estimate of drug-likeness (QED) is 0.785. The van der Waals surface area contributed by atoms with E-state index in [2.05, 4.69) is 13.8 Å². The van der Waals surface area contributed by atoms with Gasteiger partial charge in [-0.25, -0.2) is 0 Å². The zero-order valence-electron chi connectivity index (χ0n) is 9.99. The second-order valence-corrected chi connectivity index (χ2v) is 5.60. The van der Waals surface area contributed by atoms with Crippen LogP contribution in [0.1, 0.15) is 38.7 Å². The zero-order chi connectivity index (χ0) is 11.8. The molecule has 2 rings (SSSR count). The van der Waals surface area contributed by atoms with Crippen molar-refractivity contribution in [3.63, 3.8) is 0 Å². The molecule has 2 heteroatoms. The Labute approximate surface area is 96.8 Å². The highest BCUT2D eigenvalue weighted by molar-refractivity contribution is 5.90. The van der Waals surface area contributed by atoms with E-state index in [0.29, 0.717) is 6.42 Å². The minimum atomic E-state index is -0.775. The van der Waals surface area contributed by atoms with Crippen molar-refractivity contribution in [1.29, 1.82) is 0 Å². The molecule has 0 amide bonds. The number of carbonyl (C=O) groups is 1. The molecule has 0 aliphatic heterocycles. The van der Waals surface area contributed by atoms with Crippen LogP contribution in [0.3, 0.4) is 0 Å². The average Bonchev–Trinajstić information content (AvgIpc) is 2.25. The van der Waals surface area contributed by atoms with E-state index in [9.17, 15) is 4.79 Å². The third-order valence-electron chi connectivity index (χ3n) is 3.57. The Hall–Kier alpha value is -1.15. The molecule has 0 spiro atoms. The van der Waals surface area contributed by atoms with E-state index >= 15 is 0 Å². The van der Waals surface area contributed by atoms with Crippen LogP contribution in [0.2, 0.25) is 0 Å². The Bertz CT molecular complexity index is 396. The van der Waals surface area contributed by atoms with Gasteiger partial charge in [0.25, 0.3) is 0 Å². The predicted molar refractivity (Wildman–Crippen MR) is 64.9 cm³/mol. The van der Waals surface area contributed by atoms with Crippen LogP contribution < -0.4 is 5.73 Å². The molecule has 0 heterocycles. The molecule has 1 unspecified atom stereocenters. The first-order valence-corrected chi connectivity index (χ1v) is 5.82. The van der Waals surface area contributed by atoms with Crippen LogP contribution >= 0.6 is 0 Å². The van der Waals surface area contributed by atoms with Crippen molar-refractivity contribution < 1.29 is 4.79 Å². The maximum Gasteiger partial charge on any atom is 0.157 e. The van der Waals surface area contributed by atoms with Gasteiger partial charge in [-0.05, 0) is 23.8 Å². The molecule has 86 valence electrons. The highest BCUT2D eigenvalue weighted by Gasteiger charge is 2.44. The van der Waals surface area contributed by atoms with Gasteiger partial charge in [-0.1, -0.05) is 44.2 Å². The van der Waals surface area contributed by atoms with E-state index in [1.807, 2.05) is 30.3 Å². The van der Waals surface area contributed by atoms with Crippen molar-refractivity contribution in [2.75, 3.05) is 0 Å². The highest BCUT2D eigenvalue weighted by Crippen LogP contribution is 2.42. The molecule has 0 aromatic heterocycles. The number of carbonyl (C=O) groups excluding carboxylic acids is 1. The summed E-state index contributed by atoms with van der Waals surface area (Å²) in [6, 6.07) is 9.75. The third kappa shape index (κ3) is 1.90. The number of hydrogen-bond donors (Lipinski definition) is 1. The second kappa shape index (κ2) is 3.70. The third-order valence-corrected chi connectivity index (χ3v) is 3.57. The maximum atomic E-state index is 12.1. The molecule has 0 bridgehead atoms. The van der Waals surface area contributed by atoms with E-state index in [0.717, 1.165) is 18.4 Å². The minimum absolute atomic E-state index is 0.151. The van der Waals surface area contributed by atoms with E-state index in [1.54, 1.807) is 0 Å². The molecule has 1 atom stereocenters. The van der Waals surface area contributed by atoms with Crippen LogP contribution in [0.5, 0.6) is 0 Å². The molecule has 1 saturated carbocycles. The van der Waals surface area contributed by atoms with Gasteiger partial charge < -0.3 is 5.73 Å². The van der Waals surface area contributed by atoms with Crippen molar-refractivity contribution in [2.24, 2.45) is 11.1 Å². The van der Waals surface area contributed by atoms with Gasteiger partial charge in [0, 0.05) is 6.42 Å². The van der Waals surface area contributed by atoms with Gasteiger partial charge in [0.1, 0.15) is 5.54 Å². The van der Waals surface area contributed by atoms with E-state index < -0.39 is 5.54 Å². The summed E-state index contributed by atoms with van der Waals surface area (Å²) in [5, 5.41) is 0. The summed E-state index contributed by atoms with van der Waals surface area (Å²) in [6.45, 7) is 4.37. The van der Waals surface area contributed by atoms with Crippen molar-refractivity contribution >= 4 is 5.78 Å². The first kappa shape index (κ1) is 11.3. The monoisotopic (exact) mass is 217 g/mol. The van der Waals surface area contributed by atoms with Gasteiger partial charge in [-0.2, -0.15) is 0 Å². The molecule has 1 aromatic carbocycles. The number of nitrogens with two attached hydrogens (primary N) is 1. The number of rotatable bonds is 1. The van der Waals surface area contributed by atoms with Gasteiger partial charge >= 0.3 is 0 Å². The van der Waals surface area contributed by atoms with Crippen molar-refractivity contribution in [3.8, 4) is 0 Å². The van der Waals surface area contributed by atoms with Gasteiger partial charge in [-0.15, -0.1) is 0 Å². The molecular weight excluding hydrogens is 198 g/mol. The lowest BCUT2D eigenvalue weighted by Gasteiger charge is -2.41. The average molecular weight is 217 g/mol. The molecule has 2 N–H and O–H groups in total. The normalized spacial score (nSPS) is 29.1. The van der Waals surface area contributed by atoms with Crippen LogP contribution in [-0.4, -0.2) is 5.78 Å². The summed E-state index contributed by atoms with van der Waals surface area (Å²) in [6.07, 6.45) is 2.28. The predicted octanol–water partition coefficient (Wildman–Crippen LogP) is 2.62. The van der Waals surface area contributed by atoms with Crippen LogP contribution in [0, 0.1) is 5.41 Å². The Morgan fingerprint density at radius 1 is 1.19 bits per heavy atom. The highest BCUT2D eigenvalue weighted by atomic mass is 16.1. The Balaban J connectivity index is 2.39. The van der Waals surface area contributed by atoms with E-state index in [4.69, 9.17) is 5.73 Å². The largest absolute Gasteiger partial charge is 0.315 e. The minimum Gasteiger partial charge on any atom is -0.315 e. The molecule has 1 fully saturated rings. The van der Waals surface area contributed by atoms with E-state index in [-0.39, 0.29) is 11.2 Å². The van der Waals surface area contributed by atoms with Crippen LogP contribution in [0.4, 0.5) is 0 Å². The van der Waals surface area contributed by atoms with Crippen LogP contribution in [0.15, 0.2) is 30.3 Å². The zero-order valence-corrected chi connectivity index (χ0v) is 9.99. The summed E-state index contributed by atoms with van der Waals surface area (Å²) in [5.41, 5.74) is 6.68. The first-order valence-electron chi connectivity index (χ1n) is 5.82. The van der Waals surface area contributed by atoms with Gasteiger partial charge in [-0.3, -0.25) is 4.79 Å². The summed E-state index contributed by atoms with van der Waals surface area (Å²) in [4.78, 5) is 12.1. The standard InChI is InChI=1S/C14H19NO/c1-13(2)9-8-12(16)14(15,10-13)11-6-4-3-5-7-11/h3-7H,8-10,15H2,1-2H3. The molecule has 0 saturated heterocycles. The van der Waals surface area contributed by atoms with Gasteiger partial charge in [0.15, 0.2) is 5.78 Å².